The summed E-state index contributed by atoms with van der Waals surface area (Å²) in [4.78, 5) is 13.8. The second kappa shape index (κ2) is 9.53. The lowest BCUT2D eigenvalue weighted by atomic mass is 9.95. The Bertz CT molecular complexity index is 818. The van der Waals surface area contributed by atoms with Gasteiger partial charge in [0.25, 0.3) is 0 Å². The molecule has 3 rings (SSSR count). The molecule has 4 nitrogen and oxygen atoms in total. The maximum atomic E-state index is 12.5. The van der Waals surface area contributed by atoms with Gasteiger partial charge in [0.05, 0.1) is 12.2 Å². The fourth-order valence-electron chi connectivity index (χ4n) is 3.19. The van der Waals surface area contributed by atoms with Crippen LogP contribution in [0.2, 0.25) is 5.02 Å². The molecule has 1 aliphatic carbocycles. The van der Waals surface area contributed by atoms with E-state index in [1.54, 1.807) is 11.3 Å². The van der Waals surface area contributed by atoms with Gasteiger partial charge in [-0.1, -0.05) is 23.7 Å². The first kappa shape index (κ1) is 20.1. The summed E-state index contributed by atoms with van der Waals surface area (Å²) < 4.78 is 5.28. The Morgan fingerprint density at radius 2 is 2.00 bits per heavy atom. The molecule has 0 saturated carbocycles. The van der Waals surface area contributed by atoms with Crippen molar-refractivity contribution in [2.24, 2.45) is 0 Å². The van der Waals surface area contributed by atoms with Crippen molar-refractivity contribution in [3.05, 3.63) is 50.9 Å². The van der Waals surface area contributed by atoms with Gasteiger partial charge < -0.3 is 15.4 Å². The highest BCUT2D eigenvalue weighted by Gasteiger charge is 2.26. The Kier molecular flexibility index (Phi) is 7.10. The predicted octanol–water partition coefficient (Wildman–Crippen LogP) is 4.99. The molecule has 0 radical (unpaired) electrons. The van der Waals surface area contributed by atoms with E-state index in [9.17, 15) is 4.79 Å². The normalized spacial score (nSPS) is 13.0. The third-order valence-corrected chi connectivity index (χ3v) is 6.20. The number of ether oxygens (including phenoxy) is 1. The standard InChI is InChI=1S/C20H23ClN2O2S2/c1-2-25-19(24)17-15-5-3-4-6-16(15)27-18(17)23-20(26)22-12-11-13-7-9-14(21)10-8-13/h7-10H,2-6,11-12H2,1H3,(H2,22,23,26). The number of thiophene rings is 1. The lowest BCUT2D eigenvalue weighted by Gasteiger charge is -2.13. The summed E-state index contributed by atoms with van der Waals surface area (Å²) in [5, 5.41) is 8.48. The molecule has 0 unspecified atom stereocenters. The minimum absolute atomic E-state index is 0.261. The fraction of sp³-hybridized carbons (Fsp3) is 0.400. The number of esters is 1. The monoisotopic (exact) mass is 422 g/mol. The van der Waals surface area contributed by atoms with Crippen molar-refractivity contribution in [2.75, 3.05) is 18.5 Å². The molecule has 0 fully saturated rings. The van der Waals surface area contributed by atoms with Crippen molar-refractivity contribution in [2.45, 2.75) is 39.0 Å². The van der Waals surface area contributed by atoms with Crippen molar-refractivity contribution >= 4 is 51.2 Å². The molecule has 1 aromatic heterocycles. The Hall–Kier alpha value is -1.63. The third-order valence-electron chi connectivity index (χ3n) is 4.49. The smallest absolute Gasteiger partial charge is 0.341 e. The van der Waals surface area contributed by atoms with Crippen molar-refractivity contribution < 1.29 is 9.53 Å². The minimum atomic E-state index is -0.261. The van der Waals surface area contributed by atoms with Crippen LogP contribution in [0.1, 0.15) is 46.1 Å². The first-order valence-electron chi connectivity index (χ1n) is 9.19. The van der Waals surface area contributed by atoms with E-state index >= 15 is 0 Å². The number of anilines is 1. The van der Waals surface area contributed by atoms with Crippen LogP contribution in [0, 0.1) is 0 Å². The summed E-state index contributed by atoms with van der Waals surface area (Å²) >= 11 is 13.0. The second-order valence-electron chi connectivity index (χ2n) is 6.39. The summed E-state index contributed by atoms with van der Waals surface area (Å²) in [6.07, 6.45) is 5.06. The molecule has 0 aliphatic heterocycles. The van der Waals surface area contributed by atoms with E-state index in [-0.39, 0.29) is 5.97 Å². The highest BCUT2D eigenvalue weighted by Crippen LogP contribution is 2.38. The number of carbonyl (C=O) groups is 1. The maximum Gasteiger partial charge on any atom is 0.341 e. The molecule has 0 amide bonds. The third kappa shape index (κ3) is 5.21. The van der Waals surface area contributed by atoms with Crippen LogP contribution in [-0.2, 0) is 24.0 Å². The first-order chi connectivity index (χ1) is 13.1. The molecule has 144 valence electrons. The molecule has 1 aliphatic rings. The molecule has 0 saturated heterocycles. The fourth-order valence-corrected chi connectivity index (χ4v) is 4.87. The van der Waals surface area contributed by atoms with E-state index < -0.39 is 0 Å². The Balaban J connectivity index is 1.63. The summed E-state index contributed by atoms with van der Waals surface area (Å²) in [6.45, 7) is 2.90. The predicted molar refractivity (Wildman–Crippen MR) is 116 cm³/mol. The molecule has 0 bridgehead atoms. The number of aryl methyl sites for hydroxylation is 1. The van der Waals surface area contributed by atoms with Gasteiger partial charge >= 0.3 is 5.97 Å². The first-order valence-corrected chi connectivity index (χ1v) is 10.8. The molecular formula is C20H23ClN2O2S2. The molecule has 7 heteroatoms. The van der Waals surface area contributed by atoms with Crippen molar-refractivity contribution in [3.63, 3.8) is 0 Å². The molecule has 2 N–H and O–H groups in total. The Morgan fingerprint density at radius 3 is 2.74 bits per heavy atom. The van der Waals surface area contributed by atoms with E-state index in [0.29, 0.717) is 23.8 Å². The van der Waals surface area contributed by atoms with Gasteiger partial charge in [-0.3, -0.25) is 0 Å². The van der Waals surface area contributed by atoms with Gasteiger partial charge in [-0.15, -0.1) is 11.3 Å². The summed E-state index contributed by atoms with van der Waals surface area (Å²) in [7, 11) is 0. The van der Waals surface area contributed by atoms with Crippen molar-refractivity contribution in [1.82, 2.24) is 5.32 Å². The lowest BCUT2D eigenvalue weighted by molar-refractivity contribution is 0.0526. The number of rotatable bonds is 6. The highest BCUT2D eigenvalue weighted by atomic mass is 35.5. The van der Waals surface area contributed by atoms with Crippen LogP contribution < -0.4 is 10.6 Å². The number of hydrogen-bond donors (Lipinski definition) is 2. The topological polar surface area (TPSA) is 50.4 Å². The van der Waals surface area contributed by atoms with Crippen LogP contribution in [0.3, 0.4) is 0 Å². The van der Waals surface area contributed by atoms with E-state index in [2.05, 4.69) is 10.6 Å². The number of carbonyl (C=O) groups excluding carboxylic acids is 1. The number of hydrogen-bond acceptors (Lipinski definition) is 4. The van der Waals surface area contributed by atoms with Crippen LogP contribution in [-0.4, -0.2) is 24.2 Å². The van der Waals surface area contributed by atoms with Crippen LogP contribution in [0.25, 0.3) is 0 Å². The van der Waals surface area contributed by atoms with Gasteiger partial charge in [-0.25, -0.2) is 4.79 Å². The zero-order chi connectivity index (χ0) is 19.2. The second-order valence-corrected chi connectivity index (χ2v) is 8.34. The van der Waals surface area contributed by atoms with Gasteiger partial charge in [0, 0.05) is 16.4 Å². The quantitative estimate of drug-likeness (QED) is 0.507. The van der Waals surface area contributed by atoms with Crippen LogP contribution in [0.5, 0.6) is 0 Å². The summed E-state index contributed by atoms with van der Waals surface area (Å²) in [6, 6.07) is 7.78. The van der Waals surface area contributed by atoms with E-state index in [1.807, 2.05) is 31.2 Å². The average molecular weight is 423 g/mol. The minimum Gasteiger partial charge on any atom is -0.462 e. The van der Waals surface area contributed by atoms with Crippen molar-refractivity contribution in [3.8, 4) is 0 Å². The van der Waals surface area contributed by atoms with Gasteiger partial charge in [0.15, 0.2) is 5.11 Å². The highest BCUT2D eigenvalue weighted by molar-refractivity contribution is 7.80. The average Bonchev–Trinajstić information content (AvgIpc) is 3.01. The molecule has 0 atom stereocenters. The van der Waals surface area contributed by atoms with E-state index in [1.165, 1.54) is 16.9 Å². The molecule has 1 aromatic carbocycles. The van der Waals surface area contributed by atoms with E-state index in [0.717, 1.165) is 41.3 Å². The Labute approximate surface area is 174 Å². The molecule has 27 heavy (non-hydrogen) atoms. The molecule has 1 heterocycles. The van der Waals surface area contributed by atoms with Crippen molar-refractivity contribution in [1.29, 1.82) is 0 Å². The molecule has 0 spiro atoms. The molecular weight excluding hydrogens is 400 g/mol. The zero-order valence-corrected chi connectivity index (χ0v) is 17.7. The number of benzene rings is 1. The number of fused-ring (bicyclic) bond motifs is 1. The largest absolute Gasteiger partial charge is 0.462 e. The Morgan fingerprint density at radius 1 is 1.26 bits per heavy atom. The SMILES string of the molecule is CCOC(=O)c1c(NC(=S)NCCc2ccc(Cl)cc2)sc2c1CCCC2. The molecule has 2 aromatic rings. The number of halogens is 1. The van der Waals surface area contributed by atoms with Gasteiger partial charge in [0.2, 0.25) is 0 Å². The summed E-state index contributed by atoms with van der Waals surface area (Å²) in [5.41, 5.74) is 2.99. The number of thiocarbonyl (C=S) groups is 1. The van der Waals surface area contributed by atoms with Crippen LogP contribution in [0.4, 0.5) is 5.00 Å². The lowest BCUT2D eigenvalue weighted by Crippen LogP contribution is -2.30. The van der Waals surface area contributed by atoms with E-state index in [4.69, 9.17) is 28.6 Å². The summed E-state index contributed by atoms with van der Waals surface area (Å²) in [5.74, 6) is -0.261. The van der Waals surface area contributed by atoms with Gasteiger partial charge in [-0.05, 0) is 74.5 Å². The van der Waals surface area contributed by atoms with Crippen LogP contribution >= 0.6 is 35.2 Å². The van der Waals surface area contributed by atoms with Gasteiger partial charge in [0.1, 0.15) is 5.00 Å². The van der Waals surface area contributed by atoms with Gasteiger partial charge in [-0.2, -0.15) is 0 Å². The number of nitrogens with one attached hydrogen (secondary N) is 2. The van der Waals surface area contributed by atoms with Crippen LogP contribution in [0.15, 0.2) is 24.3 Å². The zero-order valence-electron chi connectivity index (χ0n) is 15.3. The maximum absolute atomic E-state index is 12.5.